The molecule has 2 aromatic carbocycles. The van der Waals surface area contributed by atoms with Crippen molar-refractivity contribution in [2.75, 3.05) is 7.11 Å². The van der Waals surface area contributed by atoms with E-state index in [-0.39, 0.29) is 23.1 Å². The van der Waals surface area contributed by atoms with E-state index in [1.807, 2.05) is 54.6 Å². The predicted octanol–water partition coefficient (Wildman–Crippen LogP) is 3.80. The zero-order chi connectivity index (χ0) is 21.5. The summed E-state index contributed by atoms with van der Waals surface area (Å²) in [5, 5.41) is 3.54. The Bertz CT molecular complexity index is 1070. The molecular weight excluding hydrogens is 398 g/mol. The highest BCUT2D eigenvalue weighted by Gasteiger charge is 2.15. The van der Waals surface area contributed by atoms with Gasteiger partial charge >= 0.3 is 0 Å². The fourth-order valence-electron chi connectivity index (χ4n) is 3.01. The van der Waals surface area contributed by atoms with E-state index in [0.29, 0.717) is 23.0 Å². The minimum Gasteiger partial charge on any atom is -0.497 e. The number of carbonyl (C=O) groups is 1. The normalized spacial score (nSPS) is 11.7. The third-order valence-electron chi connectivity index (χ3n) is 4.72. The number of aromatic nitrogens is 2. The minimum absolute atomic E-state index is 0.0165. The molecule has 0 spiro atoms. The van der Waals surface area contributed by atoms with Crippen molar-refractivity contribution in [1.82, 2.24) is 15.3 Å². The highest BCUT2D eigenvalue weighted by atomic mass is 32.2. The first-order chi connectivity index (χ1) is 14.5. The maximum atomic E-state index is 12.6. The Labute approximate surface area is 180 Å². The van der Waals surface area contributed by atoms with Gasteiger partial charge in [-0.15, -0.1) is 0 Å². The SMILES string of the molecule is COc1cccc(CNC(=O)Cc2c(C)nc(SC(C)c3ccccc3)[nH]c2=O)c1. The number of benzene rings is 2. The molecule has 3 rings (SSSR count). The van der Waals surface area contributed by atoms with Crippen molar-refractivity contribution in [1.29, 1.82) is 0 Å². The summed E-state index contributed by atoms with van der Waals surface area (Å²) in [6, 6.07) is 17.5. The lowest BCUT2D eigenvalue weighted by Crippen LogP contribution is -2.28. The molecule has 1 aromatic heterocycles. The molecule has 1 amide bonds. The van der Waals surface area contributed by atoms with Crippen LogP contribution in [0.2, 0.25) is 0 Å². The Morgan fingerprint density at radius 1 is 1.20 bits per heavy atom. The van der Waals surface area contributed by atoms with Crippen LogP contribution < -0.4 is 15.6 Å². The van der Waals surface area contributed by atoms with Gasteiger partial charge in [0.1, 0.15) is 5.75 Å². The second-order valence-corrected chi connectivity index (χ2v) is 8.24. The van der Waals surface area contributed by atoms with Crippen LogP contribution in [0, 0.1) is 6.92 Å². The van der Waals surface area contributed by atoms with Crippen molar-refractivity contribution >= 4 is 17.7 Å². The van der Waals surface area contributed by atoms with Gasteiger partial charge in [-0.25, -0.2) is 4.98 Å². The molecule has 0 radical (unpaired) electrons. The first kappa shape index (κ1) is 21.6. The largest absolute Gasteiger partial charge is 0.497 e. The van der Waals surface area contributed by atoms with Gasteiger partial charge in [0.25, 0.3) is 5.56 Å². The van der Waals surface area contributed by atoms with E-state index in [1.54, 1.807) is 14.0 Å². The van der Waals surface area contributed by atoms with Crippen LogP contribution in [0.4, 0.5) is 0 Å². The third-order valence-corrected chi connectivity index (χ3v) is 5.76. The summed E-state index contributed by atoms with van der Waals surface area (Å²) in [6.45, 7) is 4.19. The van der Waals surface area contributed by atoms with Gasteiger partial charge in [0.05, 0.1) is 13.5 Å². The number of aromatic amines is 1. The smallest absolute Gasteiger partial charge is 0.255 e. The van der Waals surface area contributed by atoms with E-state index in [2.05, 4.69) is 22.2 Å². The van der Waals surface area contributed by atoms with Gasteiger partial charge < -0.3 is 15.0 Å². The van der Waals surface area contributed by atoms with Gasteiger partial charge in [0.15, 0.2) is 5.16 Å². The number of H-pyrrole nitrogens is 1. The van der Waals surface area contributed by atoms with Crippen molar-refractivity contribution in [2.45, 2.75) is 37.2 Å². The van der Waals surface area contributed by atoms with Crippen LogP contribution in [0.25, 0.3) is 0 Å². The molecule has 7 heteroatoms. The fraction of sp³-hybridized carbons (Fsp3) is 0.261. The molecular formula is C23H25N3O3S. The van der Waals surface area contributed by atoms with Gasteiger partial charge in [-0.2, -0.15) is 0 Å². The Kier molecular flexibility index (Phi) is 7.30. The molecule has 6 nitrogen and oxygen atoms in total. The predicted molar refractivity (Wildman–Crippen MR) is 119 cm³/mol. The van der Waals surface area contributed by atoms with Crippen LogP contribution in [-0.4, -0.2) is 23.0 Å². The van der Waals surface area contributed by atoms with Crippen molar-refractivity contribution in [3.05, 3.63) is 87.3 Å². The lowest BCUT2D eigenvalue weighted by molar-refractivity contribution is -0.120. The van der Waals surface area contributed by atoms with Crippen LogP contribution in [-0.2, 0) is 17.8 Å². The second kappa shape index (κ2) is 10.1. The number of amides is 1. The highest BCUT2D eigenvalue weighted by Crippen LogP contribution is 2.32. The molecule has 1 unspecified atom stereocenters. The van der Waals surface area contributed by atoms with E-state index < -0.39 is 0 Å². The zero-order valence-electron chi connectivity index (χ0n) is 17.3. The number of rotatable bonds is 8. The quantitative estimate of drug-likeness (QED) is 0.425. The van der Waals surface area contributed by atoms with E-state index >= 15 is 0 Å². The number of thioether (sulfide) groups is 1. The van der Waals surface area contributed by atoms with Crippen LogP contribution in [0.5, 0.6) is 5.75 Å². The van der Waals surface area contributed by atoms with Crippen LogP contribution in [0.3, 0.4) is 0 Å². The molecule has 0 aliphatic heterocycles. The Morgan fingerprint density at radius 2 is 1.97 bits per heavy atom. The molecule has 0 aliphatic carbocycles. The van der Waals surface area contributed by atoms with Gasteiger partial charge in [-0.05, 0) is 37.1 Å². The highest BCUT2D eigenvalue weighted by molar-refractivity contribution is 7.99. The molecule has 0 saturated carbocycles. The van der Waals surface area contributed by atoms with Crippen LogP contribution in [0.15, 0.2) is 64.5 Å². The first-order valence-electron chi connectivity index (χ1n) is 9.67. The number of hydrogen-bond acceptors (Lipinski definition) is 5. The van der Waals surface area contributed by atoms with E-state index in [1.165, 1.54) is 11.8 Å². The standard InChI is InChI=1S/C23H25N3O3S/c1-15-20(13-21(27)24-14-17-8-7-11-19(12-17)29-3)22(28)26-23(25-15)30-16(2)18-9-5-4-6-10-18/h4-12,16H,13-14H2,1-3H3,(H,24,27)(H,25,26,28). The monoisotopic (exact) mass is 423 g/mol. The lowest BCUT2D eigenvalue weighted by atomic mass is 10.1. The average Bonchev–Trinajstić information content (AvgIpc) is 2.75. The molecule has 3 aromatic rings. The molecule has 0 aliphatic rings. The summed E-state index contributed by atoms with van der Waals surface area (Å²) in [6.07, 6.45) is -0.0165. The summed E-state index contributed by atoms with van der Waals surface area (Å²) >= 11 is 1.48. The van der Waals surface area contributed by atoms with Gasteiger partial charge in [-0.3, -0.25) is 9.59 Å². The maximum absolute atomic E-state index is 12.6. The number of carbonyl (C=O) groups excluding carboxylic acids is 1. The molecule has 0 fully saturated rings. The summed E-state index contributed by atoms with van der Waals surface area (Å²) in [5.41, 5.74) is 2.76. The first-order valence-corrected chi connectivity index (χ1v) is 10.5. The Balaban J connectivity index is 1.63. The number of nitrogens with one attached hydrogen (secondary N) is 2. The van der Waals surface area contributed by atoms with Crippen molar-refractivity contribution in [3.8, 4) is 5.75 Å². The van der Waals surface area contributed by atoms with Gasteiger partial charge in [0, 0.05) is 23.1 Å². The molecule has 30 heavy (non-hydrogen) atoms. The van der Waals surface area contributed by atoms with Crippen LogP contribution in [0.1, 0.15) is 34.6 Å². The average molecular weight is 424 g/mol. The van der Waals surface area contributed by atoms with Gasteiger partial charge in [0.2, 0.25) is 5.91 Å². The zero-order valence-corrected chi connectivity index (χ0v) is 18.1. The third kappa shape index (κ3) is 5.73. The molecule has 1 heterocycles. The lowest BCUT2D eigenvalue weighted by Gasteiger charge is -2.12. The number of nitrogens with zero attached hydrogens (tertiary/aromatic N) is 1. The maximum Gasteiger partial charge on any atom is 0.255 e. The van der Waals surface area contributed by atoms with Crippen LogP contribution >= 0.6 is 11.8 Å². The summed E-state index contributed by atoms with van der Waals surface area (Å²) in [4.78, 5) is 32.2. The molecule has 156 valence electrons. The van der Waals surface area contributed by atoms with Crippen molar-refractivity contribution < 1.29 is 9.53 Å². The number of aryl methyl sites for hydroxylation is 1. The van der Waals surface area contributed by atoms with E-state index in [0.717, 1.165) is 16.9 Å². The van der Waals surface area contributed by atoms with Crippen molar-refractivity contribution in [3.63, 3.8) is 0 Å². The number of ether oxygens (including phenoxy) is 1. The summed E-state index contributed by atoms with van der Waals surface area (Å²) in [5.74, 6) is 0.502. The molecule has 1 atom stereocenters. The number of hydrogen-bond donors (Lipinski definition) is 2. The van der Waals surface area contributed by atoms with E-state index in [9.17, 15) is 9.59 Å². The number of methoxy groups -OCH3 is 1. The summed E-state index contributed by atoms with van der Waals surface area (Å²) in [7, 11) is 1.60. The molecule has 2 N–H and O–H groups in total. The van der Waals surface area contributed by atoms with Crippen molar-refractivity contribution in [2.24, 2.45) is 0 Å². The topological polar surface area (TPSA) is 84.1 Å². The summed E-state index contributed by atoms with van der Waals surface area (Å²) < 4.78 is 5.19. The minimum atomic E-state index is -0.276. The fourth-order valence-corrected chi connectivity index (χ4v) is 3.98. The molecule has 0 saturated heterocycles. The second-order valence-electron chi connectivity index (χ2n) is 6.91. The van der Waals surface area contributed by atoms with Gasteiger partial charge in [-0.1, -0.05) is 54.2 Å². The molecule has 0 bridgehead atoms. The Morgan fingerprint density at radius 3 is 2.67 bits per heavy atom. The van der Waals surface area contributed by atoms with E-state index in [4.69, 9.17) is 4.74 Å². The Hall–Kier alpha value is -3.06.